The number of ether oxygens (including phenoxy) is 2. The van der Waals surface area contributed by atoms with Crippen LogP contribution in [0.25, 0.3) is 0 Å². The first kappa shape index (κ1) is 20.5. The molecule has 0 aliphatic carbocycles. The number of rotatable bonds is 5. The number of thiocarbonyl (C=S) groups is 1. The molecule has 0 aliphatic rings. The van der Waals surface area contributed by atoms with Gasteiger partial charge in [-0.2, -0.15) is 0 Å². The molecule has 3 N–H and O–H groups in total. The van der Waals surface area contributed by atoms with E-state index in [1.54, 1.807) is 37.4 Å². The fraction of sp³-hybridized carbons (Fsp3) is 0.300. The van der Waals surface area contributed by atoms with E-state index < -0.39 is 5.91 Å². The fourth-order valence-electron chi connectivity index (χ4n) is 2.24. The van der Waals surface area contributed by atoms with Crippen LogP contribution in [0.3, 0.4) is 0 Å². The average Bonchev–Trinajstić information content (AvgIpc) is 2.61. The van der Waals surface area contributed by atoms with Crippen molar-refractivity contribution in [1.29, 1.82) is 0 Å². The molecule has 0 saturated heterocycles. The largest absolute Gasteiger partial charge is 0.506 e. The Morgan fingerprint density at radius 1 is 1.11 bits per heavy atom. The highest BCUT2D eigenvalue weighted by molar-refractivity contribution is 7.80. The molecule has 0 radical (unpaired) electrons. The van der Waals surface area contributed by atoms with Gasteiger partial charge in [0.05, 0.1) is 12.8 Å². The first-order valence-electron chi connectivity index (χ1n) is 8.40. The van der Waals surface area contributed by atoms with Gasteiger partial charge in [0.15, 0.2) is 11.7 Å². The molecule has 0 heterocycles. The topological polar surface area (TPSA) is 79.8 Å². The highest BCUT2D eigenvalue weighted by Crippen LogP contribution is 2.30. The van der Waals surface area contributed by atoms with E-state index in [4.69, 9.17) is 21.7 Å². The Morgan fingerprint density at radius 3 is 2.33 bits per heavy atom. The lowest BCUT2D eigenvalue weighted by Crippen LogP contribution is -2.37. The van der Waals surface area contributed by atoms with Gasteiger partial charge in [-0.05, 0) is 59.6 Å². The molecule has 2 aromatic carbocycles. The summed E-state index contributed by atoms with van der Waals surface area (Å²) in [6.45, 7) is 6.02. The number of hydrogen-bond acceptors (Lipinski definition) is 5. The number of amides is 1. The highest BCUT2D eigenvalue weighted by atomic mass is 32.1. The first-order valence-corrected chi connectivity index (χ1v) is 8.81. The summed E-state index contributed by atoms with van der Waals surface area (Å²) in [5.41, 5.74) is 1.38. The number of phenols is 1. The molecule has 2 aromatic rings. The Labute approximate surface area is 164 Å². The third kappa shape index (κ3) is 6.14. The predicted octanol–water partition coefficient (Wildman–Crippen LogP) is 3.59. The van der Waals surface area contributed by atoms with Crippen molar-refractivity contribution in [2.75, 3.05) is 19.0 Å². The smallest absolute Gasteiger partial charge is 0.264 e. The van der Waals surface area contributed by atoms with E-state index in [1.165, 1.54) is 0 Å². The lowest BCUT2D eigenvalue weighted by atomic mass is 9.87. The molecule has 27 heavy (non-hydrogen) atoms. The zero-order chi connectivity index (χ0) is 20.0. The summed E-state index contributed by atoms with van der Waals surface area (Å²) in [6, 6.07) is 12.2. The van der Waals surface area contributed by atoms with E-state index in [9.17, 15) is 9.90 Å². The number of carbonyl (C=O) groups excluding carboxylic acids is 1. The van der Waals surface area contributed by atoms with Gasteiger partial charge in [0.2, 0.25) is 0 Å². The van der Waals surface area contributed by atoms with E-state index in [0.717, 1.165) is 5.56 Å². The number of carbonyl (C=O) groups is 1. The number of phenolic OH excluding ortho intramolecular Hbond substituents is 1. The van der Waals surface area contributed by atoms with Crippen LogP contribution in [-0.2, 0) is 10.2 Å². The third-order valence-electron chi connectivity index (χ3n) is 3.79. The standard InChI is InChI=1S/C20H24N2O4S/c1-20(2,3)13-5-10-17(23)16(11-13)21-19(27)22-18(24)12-26-15-8-6-14(25-4)7-9-15/h5-11,23H,12H2,1-4H3,(H2,21,22,24,27). The molecule has 6 nitrogen and oxygen atoms in total. The van der Waals surface area contributed by atoms with E-state index >= 15 is 0 Å². The molecular formula is C20H24N2O4S. The molecular weight excluding hydrogens is 364 g/mol. The number of anilines is 1. The molecule has 0 atom stereocenters. The van der Waals surface area contributed by atoms with Gasteiger partial charge >= 0.3 is 0 Å². The Hall–Kier alpha value is -2.80. The van der Waals surface area contributed by atoms with Crippen LogP contribution >= 0.6 is 12.2 Å². The number of nitrogens with one attached hydrogen (secondary N) is 2. The van der Waals surface area contributed by atoms with Crippen molar-refractivity contribution in [2.24, 2.45) is 0 Å². The molecule has 0 fully saturated rings. The zero-order valence-corrected chi connectivity index (χ0v) is 16.6. The van der Waals surface area contributed by atoms with Gasteiger partial charge in [-0.25, -0.2) is 0 Å². The monoisotopic (exact) mass is 388 g/mol. The quantitative estimate of drug-likeness (QED) is 0.537. The van der Waals surface area contributed by atoms with Crippen LogP contribution in [0.5, 0.6) is 17.2 Å². The van der Waals surface area contributed by atoms with Crippen molar-refractivity contribution in [3.63, 3.8) is 0 Å². The summed E-state index contributed by atoms with van der Waals surface area (Å²) in [5.74, 6) is 0.888. The second-order valence-electron chi connectivity index (χ2n) is 6.95. The summed E-state index contributed by atoms with van der Waals surface area (Å²) >= 11 is 5.15. The van der Waals surface area contributed by atoms with E-state index in [1.807, 2.05) is 12.1 Å². The average molecular weight is 388 g/mol. The van der Waals surface area contributed by atoms with E-state index in [2.05, 4.69) is 31.4 Å². The van der Waals surface area contributed by atoms with Crippen LogP contribution < -0.4 is 20.1 Å². The maximum atomic E-state index is 12.0. The SMILES string of the molecule is COc1ccc(OCC(=O)NC(=S)Nc2cc(C(C)(C)C)ccc2O)cc1. The highest BCUT2D eigenvalue weighted by Gasteiger charge is 2.16. The fourth-order valence-corrected chi connectivity index (χ4v) is 2.46. The van der Waals surface area contributed by atoms with Crippen LogP contribution in [0.1, 0.15) is 26.3 Å². The Morgan fingerprint density at radius 2 is 1.74 bits per heavy atom. The molecule has 1 amide bonds. The Balaban J connectivity index is 1.90. The number of methoxy groups -OCH3 is 1. The van der Waals surface area contributed by atoms with E-state index in [-0.39, 0.29) is 22.9 Å². The summed E-state index contributed by atoms with van der Waals surface area (Å²) in [4.78, 5) is 12.0. The van der Waals surface area contributed by atoms with Crippen molar-refractivity contribution in [3.8, 4) is 17.2 Å². The van der Waals surface area contributed by atoms with Gasteiger partial charge in [-0.3, -0.25) is 10.1 Å². The van der Waals surface area contributed by atoms with Gasteiger partial charge in [0, 0.05) is 0 Å². The third-order valence-corrected chi connectivity index (χ3v) is 4.00. The number of hydrogen-bond donors (Lipinski definition) is 3. The summed E-state index contributed by atoms with van der Waals surface area (Å²) in [7, 11) is 1.58. The maximum Gasteiger partial charge on any atom is 0.264 e. The minimum atomic E-state index is -0.408. The van der Waals surface area contributed by atoms with Gasteiger partial charge in [0.1, 0.15) is 17.2 Å². The molecule has 2 rings (SSSR count). The van der Waals surface area contributed by atoms with Gasteiger partial charge in [-0.1, -0.05) is 26.8 Å². The molecule has 0 bridgehead atoms. The van der Waals surface area contributed by atoms with Gasteiger partial charge < -0.3 is 19.9 Å². The number of aromatic hydroxyl groups is 1. The molecule has 7 heteroatoms. The summed E-state index contributed by atoms with van der Waals surface area (Å²) in [5, 5.41) is 15.5. The molecule has 0 spiro atoms. The second-order valence-corrected chi connectivity index (χ2v) is 7.36. The Bertz CT molecular complexity index is 814. The van der Waals surface area contributed by atoms with Crippen molar-refractivity contribution in [3.05, 3.63) is 48.0 Å². The zero-order valence-electron chi connectivity index (χ0n) is 15.8. The molecule has 144 valence electrons. The van der Waals surface area contributed by atoms with Crippen LogP contribution in [-0.4, -0.2) is 29.8 Å². The lowest BCUT2D eigenvalue weighted by Gasteiger charge is -2.21. The summed E-state index contributed by atoms with van der Waals surface area (Å²) in [6.07, 6.45) is 0. The predicted molar refractivity (Wildman–Crippen MR) is 110 cm³/mol. The molecule has 0 unspecified atom stereocenters. The van der Waals surface area contributed by atoms with Crippen LogP contribution in [0.15, 0.2) is 42.5 Å². The minimum Gasteiger partial charge on any atom is -0.506 e. The molecule has 0 aliphatic heterocycles. The van der Waals surface area contributed by atoms with Gasteiger partial charge in [-0.15, -0.1) is 0 Å². The van der Waals surface area contributed by atoms with Crippen molar-refractivity contribution >= 4 is 28.9 Å². The van der Waals surface area contributed by atoms with Crippen molar-refractivity contribution in [1.82, 2.24) is 5.32 Å². The van der Waals surface area contributed by atoms with E-state index in [0.29, 0.717) is 17.2 Å². The maximum absolute atomic E-state index is 12.0. The van der Waals surface area contributed by atoms with Crippen molar-refractivity contribution in [2.45, 2.75) is 26.2 Å². The van der Waals surface area contributed by atoms with Crippen LogP contribution in [0.4, 0.5) is 5.69 Å². The Kier molecular flexibility index (Phi) is 6.63. The second kappa shape index (κ2) is 8.73. The first-order chi connectivity index (χ1) is 12.7. The molecule has 0 aromatic heterocycles. The minimum absolute atomic E-state index is 0.0501. The normalized spacial score (nSPS) is 10.8. The summed E-state index contributed by atoms with van der Waals surface area (Å²) < 4.78 is 10.5. The lowest BCUT2D eigenvalue weighted by molar-refractivity contribution is -0.121. The van der Waals surface area contributed by atoms with Crippen LogP contribution in [0.2, 0.25) is 0 Å². The van der Waals surface area contributed by atoms with Gasteiger partial charge in [0.25, 0.3) is 5.91 Å². The number of benzene rings is 2. The molecule has 0 saturated carbocycles. The van der Waals surface area contributed by atoms with Crippen molar-refractivity contribution < 1.29 is 19.4 Å². The van der Waals surface area contributed by atoms with Crippen LogP contribution in [0, 0.1) is 0 Å².